The number of hydrogen-bond acceptors (Lipinski definition) is 0. The molecule has 2 heteroatoms. The second-order valence-electron chi connectivity index (χ2n) is 4.57. The monoisotopic (exact) mass is 342 g/mol. The highest BCUT2D eigenvalue weighted by Gasteiger charge is 2.02. The van der Waals surface area contributed by atoms with Crippen molar-refractivity contribution in [2.45, 2.75) is 0 Å². The van der Waals surface area contributed by atoms with Crippen LogP contribution in [0.4, 0.5) is 0 Å². The largest absolute Gasteiger partial charge is 0.0831 e. The first kappa shape index (κ1) is 13.4. The van der Waals surface area contributed by atoms with Crippen LogP contribution in [-0.4, -0.2) is 0 Å². The van der Waals surface area contributed by atoms with Crippen LogP contribution in [0, 0.1) is 0 Å². The summed E-state index contributed by atoms with van der Waals surface area (Å²) in [6.07, 6.45) is 0. The Morgan fingerprint density at radius 1 is 0.600 bits per heavy atom. The molecule has 0 nitrogen and oxygen atoms in total. The molecule has 3 rings (SSSR count). The summed E-state index contributed by atoms with van der Waals surface area (Å²) >= 11 is 9.49. The lowest BCUT2D eigenvalue weighted by Gasteiger charge is -2.06. The molecule has 0 aromatic heterocycles. The molecule has 0 atom stereocenters. The molecule has 0 spiro atoms. The Hall–Kier alpha value is -1.57. The van der Waals surface area contributed by atoms with Crippen molar-refractivity contribution in [1.29, 1.82) is 0 Å². The van der Waals surface area contributed by atoms with Gasteiger partial charge in [0, 0.05) is 4.47 Å². The molecule has 0 unspecified atom stereocenters. The predicted molar refractivity (Wildman–Crippen MR) is 90.0 cm³/mol. The summed E-state index contributed by atoms with van der Waals surface area (Å²) in [6, 6.07) is 24.9. The summed E-state index contributed by atoms with van der Waals surface area (Å²) in [5, 5.41) is 0.731. The molecule has 0 aliphatic carbocycles. The minimum atomic E-state index is 0.731. The van der Waals surface area contributed by atoms with E-state index < -0.39 is 0 Å². The number of rotatable bonds is 2. The predicted octanol–water partition coefficient (Wildman–Crippen LogP) is 6.44. The normalized spacial score (nSPS) is 10.5. The average Bonchev–Trinajstić information content (AvgIpc) is 2.51. The molecule has 0 saturated carbocycles. The summed E-state index contributed by atoms with van der Waals surface area (Å²) in [5.41, 5.74) is 4.79. The van der Waals surface area contributed by atoms with Crippen LogP contribution in [0.25, 0.3) is 22.3 Å². The first-order valence-corrected chi connectivity index (χ1v) is 7.52. The van der Waals surface area contributed by atoms with Crippen LogP contribution in [-0.2, 0) is 0 Å². The smallest absolute Gasteiger partial charge is 0.0548 e. The summed E-state index contributed by atoms with van der Waals surface area (Å²) in [6.45, 7) is 0. The van der Waals surface area contributed by atoms with Crippen LogP contribution < -0.4 is 0 Å². The Balaban J connectivity index is 1.95. The molecule has 0 saturated heterocycles. The highest BCUT2D eigenvalue weighted by molar-refractivity contribution is 9.10. The lowest BCUT2D eigenvalue weighted by atomic mass is 10.0. The second kappa shape index (κ2) is 5.82. The second-order valence-corrected chi connectivity index (χ2v) is 5.83. The summed E-state index contributed by atoms with van der Waals surface area (Å²) < 4.78 is 0.920. The highest BCUT2D eigenvalue weighted by Crippen LogP contribution is 2.30. The van der Waals surface area contributed by atoms with Gasteiger partial charge in [-0.15, -0.1) is 0 Å². The fraction of sp³-hybridized carbons (Fsp3) is 0. The van der Waals surface area contributed by atoms with Crippen molar-refractivity contribution in [1.82, 2.24) is 0 Å². The van der Waals surface area contributed by atoms with Crippen LogP contribution in [0.1, 0.15) is 0 Å². The van der Waals surface area contributed by atoms with Gasteiger partial charge in [0.15, 0.2) is 0 Å². The quantitative estimate of drug-likeness (QED) is 0.502. The molecule has 3 aromatic rings. The van der Waals surface area contributed by atoms with Crippen molar-refractivity contribution in [2.75, 3.05) is 0 Å². The molecule has 3 aromatic carbocycles. The SMILES string of the molecule is Clc1ccc(-c2ccc(-c3ccccc3)cc2)cc1Br. The van der Waals surface area contributed by atoms with Crippen LogP contribution in [0.15, 0.2) is 77.3 Å². The van der Waals surface area contributed by atoms with Crippen molar-refractivity contribution >= 4 is 27.5 Å². The van der Waals surface area contributed by atoms with E-state index in [2.05, 4.69) is 64.5 Å². The molecule has 0 fully saturated rings. The maximum Gasteiger partial charge on any atom is 0.0548 e. The van der Waals surface area contributed by atoms with E-state index in [1.807, 2.05) is 24.3 Å². The zero-order valence-corrected chi connectivity index (χ0v) is 13.0. The van der Waals surface area contributed by atoms with Crippen LogP contribution in [0.2, 0.25) is 5.02 Å². The number of hydrogen-bond donors (Lipinski definition) is 0. The third kappa shape index (κ3) is 2.79. The van der Waals surface area contributed by atoms with Crippen molar-refractivity contribution in [3.8, 4) is 22.3 Å². The standard InChI is InChI=1S/C18H12BrCl/c19-17-12-16(10-11-18(17)20)15-8-6-14(7-9-15)13-4-2-1-3-5-13/h1-12H. The van der Waals surface area contributed by atoms with E-state index >= 15 is 0 Å². The molecule has 0 radical (unpaired) electrons. The molecule has 0 aliphatic rings. The average molecular weight is 344 g/mol. The van der Waals surface area contributed by atoms with Gasteiger partial charge < -0.3 is 0 Å². The van der Waals surface area contributed by atoms with Gasteiger partial charge in [0.05, 0.1) is 5.02 Å². The zero-order chi connectivity index (χ0) is 13.9. The Morgan fingerprint density at radius 2 is 1.10 bits per heavy atom. The van der Waals surface area contributed by atoms with E-state index in [9.17, 15) is 0 Å². The topological polar surface area (TPSA) is 0 Å². The van der Waals surface area contributed by atoms with Crippen molar-refractivity contribution in [2.24, 2.45) is 0 Å². The van der Waals surface area contributed by atoms with Gasteiger partial charge in [0.25, 0.3) is 0 Å². The maximum absolute atomic E-state index is 6.03. The first-order chi connectivity index (χ1) is 9.74. The Morgan fingerprint density at radius 3 is 1.70 bits per heavy atom. The number of halogens is 2. The maximum atomic E-state index is 6.03. The van der Waals surface area contributed by atoms with E-state index in [1.165, 1.54) is 16.7 Å². The third-order valence-electron chi connectivity index (χ3n) is 3.24. The fourth-order valence-electron chi connectivity index (χ4n) is 2.16. The van der Waals surface area contributed by atoms with Crippen LogP contribution in [0.3, 0.4) is 0 Å². The minimum absolute atomic E-state index is 0.731. The van der Waals surface area contributed by atoms with Crippen molar-refractivity contribution in [3.63, 3.8) is 0 Å². The van der Waals surface area contributed by atoms with Crippen LogP contribution in [0.5, 0.6) is 0 Å². The molecule has 0 amide bonds. The van der Waals surface area contributed by atoms with E-state index in [-0.39, 0.29) is 0 Å². The molecule has 0 aliphatic heterocycles. The van der Waals surface area contributed by atoms with Crippen molar-refractivity contribution in [3.05, 3.63) is 82.3 Å². The third-order valence-corrected chi connectivity index (χ3v) is 4.46. The highest BCUT2D eigenvalue weighted by atomic mass is 79.9. The van der Waals surface area contributed by atoms with E-state index in [0.717, 1.165) is 15.1 Å². The first-order valence-electron chi connectivity index (χ1n) is 6.35. The summed E-state index contributed by atoms with van der Waals surface area (Å²) in [4.78, 5) is 0. The lowest BCUT2D eigenvalue weighted by Crippen LogP contribution is -1.81. The van der Waals surface area contributed by atoms with Crippen molar-refractivity contribution < 1.29 is 0 Å². The van der Waals surface area contributed by atoms with Gasteiger partial charge in [-0.2, -0.15) is 0 Å². The van der Waals surface area contributed by atoms with Gasteiger partial charge in [0.1, 0.15) is 0 Å². The molecule has 20 heavy (non-hydrogen) atoms. The van der Waals surface area contributed by atoms with E-state index in [0.29, 0.717) is 0 Å². The molecular weight excluding hydrogens is 332 g/mol. The Labute approximate surface area is 132 Å². The van der Waals surface area contributed by atoms with Gasteiger partial charge >= 0.3 is 0 Å². The zero-order valence-electron chi connectivity index (χ0n) is 10.7. The molecular formula is C18H12BrCl. The lowest BCUT2D eigenvalue weighted by molar-refractivity contribution is 1.57. The molecule has 0 N–H and O–H groups in total. The Kier molecular flexibility index (Phi) is 3.90. The van der Waals surface area contributed by atoms with Gasteiger partial charge in [-0.3, -0.25) is 0 Å². The van der Waals surface area contributed by atoms with Gasteiger partial charge in [-0.1, -0.05) is 72.3 Å². The van der Waals surface area contributed by atoms with Crippen LogP contribution >= 0.6 is 27.5 Å². The van der Waals surface area contributed by atoms with E-state index in [4.69, 9.17) is 11.6 Å². The molecule has 98 valence electrons. The number of benzene rings is 3. The van der Waals surface area contributed by atoms with Gasteiger partial charge in [0.2, 0.25) is 0 Å². The van der Waals surface area contributed by atoms with Gasteiger partial charge in [-0.25, -0.2) is 0 Å². The van der Waals surface area contributed by atoms with Gasteiger partial charge in [-0.05, 0) is 50.3 Å². The Bertz CT molecular complexity index is 718. The fourth-order valence-corrected chi connectivity index (χ4v) is 2.66. The molecule has 0 bridgehead atoms. The minimum Gasteiger partial charge on any atom is -0.0831 e. The molecule has 0 heterocycles. The summed E-state index contributed by atoms with van der Waals surface area (Å²) in [5.74, 6) is 0. The summed E-state index contributed by atoms with van der Waals surface area (Å²) in [7, 11) is 0. The van der Waals surface area contributed by atoms with E-state index in [1.54, 1.807) is 0 Å².